The second-order valence-electron chi connectivity index (χ2n) is 8.61. The number of hydrogen-bond acceptors (Lipinski definition) is 6. The number of para-hydroxylation sites is 2. The van der Waals surface area contributed by atoms with Crippen LogP contribution < -0.4 is 19.7 Å². The number of ether oxygens (including phenoxy) is 2. The summed E-state index contributed by atoms with van der Waals surface area (Å²) < 4.78 is 11.9. The molecule has 2 aliphatic rings. The van der Waals surface area contributed by atoms with Crippen LogP contribution in [-0.2, 0) is 11.2 Å². The molecule has 2 aliphatic heterocycles. The van der Waals surface area contributed by atoms with Gasteiger partial charge in [0.2, 0.25) is 0 Å². The minimum absolute atomic E-state index is 0.133. The zero-order valence-corrected chi connectivity index (χ0v) is 18.9. The number of fused-ring (bicyclic) bond motifs is 2. The van der Waals surface area contributed by atoms with E-state index in [4.69, 9.17) is 9.47 Å². The summed E-state index contributed by atoms with van der Waals surface area (Å²) in [6, 6.07) is 20.0. The first-order valence-electron chi connectivity index (χ1n) is 11.3. The quantitative estimate of drug-likeness (QED) is 0.409. The molecule has 7 nitrogen and oxygen atoms in total. The molecular formula is C27H26N2O5. The Hall–Kier alpha value is -4.00. The second kappa shape index (κ2) is 9.09. The molecule has 0 amide bonds. The van der Waals surface area contributed by atoms with Crippen molar-refractivity contribution in [2.45, 2.75) is 18.4 Å². The number of aliphatic carboxylic acids is 1. The van der Waals surface area contributed by atoms with Crippen LogP contribution in [0.3, 0.4) is 0 Å². The van der Waals surface area contributed by atoms with Crippen LogP contribution in [0, 0.1) is 0 Å². The fourth-order valence-electron chi connectivity index (χ4n) is 4.68. The van der Waals surface area contributed by atoms with Crippen LogP contribution in [0.5, 0.6) is 11.5 Å². The molecule has 2 heterocycles. The smallest absolute Gasteiger partial charge is 0.318 e. The zero-order chi connectivity index (χ0) is 23.7. The molecule has 3 aromatic rings. The summed E-state index contributed by atoms with van der Waals surface area (Å²) in [4.78, 5) is 27.4. The highest BCUT2D eigenvalue weighted by Gasteiger charge is 2.32. The van der Waals surface area contributed by atoms with E-state index in [-0.39, 0.29) is 6.10 Å². The minimum atomic E-state index is -1.24. The predicted molar refractivity (Wildman–Crippen MR) is 129 cm³/mol. The van der Waals surface area contributed by atoms with Gasteiger partial charge in [-0.05, 0) is 60.0 Å². The van der Waals surface area contributed by atoms with E-state index in [2.05, 4.69) is 10.2 Å². The van der Waals surface area contributed by atoms with Crippen LogP contribution in [0.1, 0.15) is 27.4 Å². The van der Waals surface area contributed by atoms with Gasteiger partial charge in [-0.3, -0.25) is 9.59 Å². The maximum atomic E-state index is 13.2. The maximum Gasteiger partial charge on any atom is 0.318 e. The first-order chi connectivity index (χ1) is 16.5. The largest absolute Gasteiger partial charge is 0.490 e. The molecule has 0 fully saturated rings. The number of likely N-dealkylation sites (N-methyl/N-ethyl adjacent to an activating group) is 1. The van der Waals surface area contributed by atoms with Crippen LogP contribution in [0.4, 0.5) is 11.4 Å². The van der Waals surface area contributed by atoms with Gasteiger partial charge < -0.3 is 24.8 Å². The van der Waals surface area contributed by atoms with Gasteiger partial charge in [0.25, 0.3) is 0 Å². The molecule has 0 spiro atoms. The van der Waals surface area contributed by atoms with Crippen LogP contribution in [0.2, 0.25) is 0 Å². The normalized spacial score (nSPS) is 17.1. The number of nitrogens with one attached hydrogen (secondary N) is 1. The summed E-state index contributed by atoms with van der Waals surface area (Å²) in [5.41, 5.74) is 3.75. The van der Waals surface area contributed by atoms with Crippen LogP contribution in [-0.4, -0.2) is 49.7 Å². The molecule has 0 saturated heterocycles. The lowest BCUT2D eigenvalue weighted by Crippen LogP contribution is -2.41. The Labute approximate surface area is 197 Å². The van der Waals surface area contributed by atoms with Gasteiger partial charge in [-0.15, -0.1) is 0 Å². The van der Waals surface area contributed by atoms with Gasteiger partial charge in [0.05, 0.1) is 12.2 Å². The molecule has 34 heavy (non-hydrogen) atoms. The third kappa shape index (κ3) is 4.17. The number of anilines is 2. The summed E-state index contributed by atoms with van der Waals surface area (Å²) in [7, 11) is 2.02. The minimum Gasteiger partial charge on any atom is -0.490 e. The summed E-state index contributed by atoms with van der Waals surface area (Å²) >= 11 is 0. The number of carbonyl (C=O) groups excluding carboxylic acids is 1. The number of carbonyl (C=O) groups is 2. The molecule has 174 valence electrons. The van der Waals surface area contributed by atoms with Crippen molar-refractivity contribution >= 4 is 23.1 Å². The Bertz CT molecular complexity index is 1220. The van der Waals surface area contributed by atoms with Crippen molar-refractivity contribution in [3.63, 3.8) is 0 Å². The summed E-state index contributed by atoms with van der Waals surface area (Å²) in [6.07, 6.45) is 0.574. The third-order valence-electron chi connectivity index (χ3n) is 6.35. The number of Topliss-reactive ketones (excluding diaryl/α,β-unsaturated/α-hetero) is 1. The molecular weight excluding hydrogens is 432 g/mol. The van der Waals surface area contributed by atoms with Gasteiger partial charge in [0.1, 0.15) is 30.1 Å². The van der Waals surface area contributed by atoms with E-state index >= 15 is 0 Å². The average Bonchev–Trinajstić information content (AvgIpc) is 3.33. The van der Waals surface area contributed by atoms with E-state index in [1.165, 1.54) is 0 Å². The lowest BCUT2D eigenvalue weighted by Gasteiger charge is -2.33. The molecule has 0 radical (unpaired) electrons. The van der Waals surface area contributed by atoms with Gasteiger partial charge >= 0.3 is 5.97 Å². The monoisotopic (exact) mass is 458 g/mol. The number of rotatable bonds is 7. The number of carboxylic acid groups (broad SMARTS) is 1. The van der Waals surface area contributed by atoms with Crippen molar-refractivity contribution in [3.8, 4) is 11.5 Å². The second-order valence-corrected chi connectivity index (χ2v) is 8.61. The van der Waals surface area contributed by atoms with Crippen molar-refractivity contribution in [3.05, 3.63) is 83.4 Å². The molecule has 5 rings (SSSR count). The Morgan fingerprint density at radius 2 is 1.91 bits per heavy atom. The first-order valence-corrected chi connectivity index (χ1v) is 11.3. The van der Waals surface area contributed by atoms with Gasteiger partial charge in [-0.2, -0.15) is 0 Å². The van der Waals surface area contributed by atoms with Gasteiger partial charge in [0.15, 0.2) is 5.78 Å². The number of hydrogen-bond donors (Lipinski definition) is 2. The molecule has 0 saturated carbocycles. The van der Waals surface area contributed by atoms with Gasteiger partial charge in [-0.25, -0.2) is 0 Å². The van der Waals surface area contributed by atoms with Crippen LogP contribution in [0.15, 0.2) is 66.7 Å². The SMILES string of the molecule is CN1C[C@@H](COc2ccc(C(=O)C(C(=O)O)c3cccc4c3CCN4)cc2)Oc2ccccc21. The van der Waals surface area contributed by atoms with E-state index in [1.54, 1.807) is 36.4 Å². The highest BCUT2D eigenvalue weighted by atomic mass is 16.5. The highest BCUT2D eigenvalue weighted by Crippen LogP contribution is 2.34. The van der Waals surface area contributed by atoms with E-state index in [9.17, 15) is 14.7 Å². The summed E-state index contributed by atoms with van der Waals surface area (Å²) in [6.45, 7) is 1.79. The van der Waals surface area contributed by atoms with Crippen molar-refractivity contribution in [2.24, 2.45) is 0 Å². The molecule has 3 aromatic carbocycles. The van der Waals surface area contributed by atoms with Crippen molar-refractivity contribution in [2.75, 3.05) is 37.0 Å². The van der Waals surface area contributed by atoms with E-state index in [1.807, 2.05) is 37.4 Å². The Kier molecular flexibility index (Phi) is 5.84. The predicted octanol–water partition coefficient (Wildman–Crippen LogP) is 3.98. The first kappa shape index (κ1) is 21.8. The van der Waals surface area contributed by atoms with Gasteiger partial charge in [-0.1, -0.05) is 24.3 Å². The number of carboxylic acids is 1. The molecule has 7 heteroatoms. The maximum absolute atomic E-state index is 13.2. The van der Waals surface area contributed by atoms with Crippen molar-refractivity contribution in [1.82, 2.24) is 0 Å². The van der Waals surface area contributed by atoms with E-state index < -0.39 is 17.7 Å². The summed E-state index contributed by atoms with van der Waals surface area (Å²) in [5, 5.41) is 13.1. The molecule has 2 N–H and O–H groups in total. The average molecular weight is 459 g/mol. The Balaban J connectivity index is 1.27. The number of nitrogens with zero attached hydrogens (tertiary/aromatic N) is 1. The highest BCUT2D eigenvalue weighted by molar-refractivity contribution is 6.13. The van der Waals surface area contributed by atoms with Gasteiger partial charge in [0, 0.05) is 24.8 Å². The van der Waals surface area contributed by atoms with Crippen molar-refractivity contribution < 1.29 is 24.2 Å². The zero-order valence-electron chi connectivity index (χ0n) is 18.9. The van der Waals surface area contributed by atoms with Crippen LogP contribution >= 0.6 is 0 Å². The molecule has 2 atom stereocenters. The third-order valence-corrected chi connectivity index (χ3v) is 6.35. The lowest BCUT2D eigenvalue weighted by atomic mass is 9.87. The molecule has 0 aliphatic carbocycles. The molecule has 1 unspecified atom stereocenters. The standard InChI is InChI=1S/C27H26N2O5/c1-29-15-19(34-24-8-3-2-7-23(24)29)16-33-18-11-9-17(10-12-18)26(30)25(27(31)32)21-5-4-6-22-20(21)13-14-28-22/h2-12,19,25,28H,13-16H2,1H3,(H,31,32)/t19-,25?/m0/s1. The Morgan fingerprint density at radius 3 is 2.71 bits per heavy atom. The van der Waals surface area contributed by atoms with Crippen LogP contribution in [0.25, 0.3) is 0 Å². The van der Waals surface area contributed by atoms with E-state index in [0.29, 0.717) is 36.4 Å². The molecule has 0 bridgehead atoms. The lowest BCUT2D eigenvalue weighted by molar-refractivity contribution is -0.137. The van der Waals surface area contributed by atoms with Crippen molar-refractivity contribution in [1.29, 1.82) is 0 Å². The summed E-state index contributed by atoms with van der Waals surface area (Å²) in [5.74, 6) is -1.41. The molecule has 0 aromatic heterocycles. The fourth-order valence-corrected chi connectivity index (χ4v) is 4.68. The topological polar surface area (TPSA) is 88.1 Å². The fraction of sp³-hybridized carbons (Fsp3) is 0.259. The number of benzene rings is 3. The Morgan fingerprint density at radius 1 is 1.12 bits per heavy atom. The van der Waals surface area contributed by atoms with E-state index in [0.717, 1.165) is 29.2 Å². The number of ketones is 1.